The van der Waals surface area contributed by atoms with Gasteiger partial charge in [-0.2, -0.15) is 0 Å². The molecular formula is C12H4Cl4O3. The first-order valence-electron chi connectivity index (χ1n) is 5.32. The number of ether oxygens (including phenoxy) is 3. The van der Waals surface area contributed by atoms with Gasteiger partial charge in [0.25, 0.3) is 0 Å². The van der Waals surface area contributed by atoms with Gasteiger partial charge in [-0.3, -0.25) is 0 Å². The van der Waals surface area contributed by atoms with Gasteiger partial charge >= 0.3 is 5.79 Å². The van der Waals surface area contributed by atoms with Gasteiger partial charge in [0.2, 0.25) is 0 Å². The third-order valence-corrected chi connectivity index (χ3v) is 4.64. The van der Waals surface area contributed by atoms with Crippen LogP contribution in [0, 0.1) is 0 Å². The summed E-state index contributed by atoms with van der Waals surface area (Å²) in [5.41, 5.74) is 0. The van der Waals surface area contributed by atoms with Gasteiger partial charge in [0.1, 0.15) is 0 Å². The van der Waals surface area contributed by atoms with E-state index >= 15 is 0 Å². The van der Waals surface area contributed by atoms with Gasteiger partial charge in [0.15, 0.2) is 23.4 Å². The molecule has 1 aromatic rings. The van der Waals surface area contributed by atoms with Crippen molar-refractivity contribution in [3.8, 4) is 11.5 Å². The topological polar surface area (TPSA) is 31.0 Å². The Kier molecular flexibility index (Phi) is 2.40. The standard InChI is InChI=1S/C12H4Cl4O3/c13-4-1-7-8(2-5(4)14)18-12-9(17-7)3-6(15)10(16)11(12)19-12/h1-3,11H. The Balaban J connectivity index is 1.85. The van der Waals surface area contributed by atoms with Crippen LogP contribution in [0.4, 0.5) is 0 Å². The summed E-state index contributed by atoms with van der Waals surface area (Å²) in [4.78, 5) is 0. The van der Waals surface area contributed by atoms with E-state index in [1.807, 2.05) is 0 Å². The molecular weight excluding hydrogens is 334 g/mol. The summed E-state index contributed by atoms with van der Waals surface area (Å²) >= 11 is 23.9. The van der Waals surface area contributed by atoms with Crippen molar-refractivity contribution >= 4 is 46.4 Å². The van der Waals surface area contributed by atoms with E-state index in [9.17, 15) is 0 Å². The average molecular weight is 338 g/mol. The quantitative estimate of drug-likeness (QED) is 0.655. The highest BCUT2D eigenvalue weighted by Gasteiger charge is 2.69. The van der Waals surface area contributed by atoms with Gasteiger partial charge in [-0.25, -0.2) is 0 Å². The SMILES string of the molecule is ClC1=C(Cl)C2OC23Oc2cc(Cl)c(Cl)cc2OC3=C1. The molecule has 0 N–H and O–H groups in total. The summed E-state index contributed by atoms with van der Waals surface area (Å²) in [6.07, 6.45) is 1.14. The minimum Gasteiger partial charge on any atom is -0.451 e. The zero-order chi connectivity index (χ0) is 13.4. The van der Waals surface area contributed by atoms with Crippen LogP contribution in [0.3, 0.4) is 0 Å². The van der Waals surface area contributed by atoms with E-state index in [1.54, 1.807) is 18.2 Å². The van der Waals surface area contributed by atoms with Gasteiger partial charge in [-0.15, -0.1) is 0 Å². The van der Waals surface area contributed by atoms with E-state index in [-0.39, 0.29) is 0 Å². The number of allylic oxidation sites excluding steroid dienone is 2. The highest BCUT2D eigenvalue weighted by Crippen LogP contribution is 2.58. The van der Waals surface area contributed by atoms with Crippen LogP contribution in [-0.2, 0) is 4.74 Å². The highest BCUT2D eigenvalue weighted by molar-refractivity contribution is 6.42. The molecule has 4 rings (SSSR count). The van der Waals surface area contributed by atoms with E-state index in [0.29, 0.717) is 37.4 Å². The Labute approximate surface area is 128 Å². The predicted molar refractivity (Wildman–Crippen MR) is 72.1 cm³/mol. The van der Waals surface area contributed by atoms with Gasteiger partial charge in [-0.1, -0.05) is 46.4 Å². The van der Waals surface area contributed by atoms with Crippen molar-refractivity contribution in [3.05, 3.63) is 44.1 Å². The normalized spacial score (nSPS) is 30.5. The van der Waals surface area contributed by atoms with Gasteiger partial charge in [-0.05, 0) is 0 Å². The first kappa shape index (κ1) is 12.2. The van der Waals surface area contributed by atoms with Crippen molar-refractivity contribution in [1.82, 2.24) is 0 Å². The highest BCUT2D eigenvalue weighted by atomic mass is 35.5. The molecule has 98 valence electrons. The number of halogens is 4. The van der Waals surface area contributed by atoms with Crippen LogP contribution in [-0.4, -0.2) is 11.9 Å². The Morgan fingerprint density at radius 1 is 1.00 bits per heavy atom. The molecule has 0 bridgehead atoms. The first-order chi connectivity index (χ1) is 9.01. The molecule has 7 heteroatoms. The third-order valence-electron chi connectivity index (χ3n) is 3.11. The molecule has 0 saturated carbocycles. The maximum Gasteiger partial charge on any atom is 0.303 e. The summed E-state index contributed by atoms with van der Waals surface area (Å²) < 4.78 is 17.1. The van der Waals surface area contributed by atoms with Crippen LogP contribution in [0.15, 0.2) is 34.0 Å². The van der Waals surface area contributed by atoms with E-state index in [1.165, 1.54) is 0 Å². The fourth-order valence-corrected chi connectivity index (χ4v) is 2.89. The molecule has 2 aliphatic heterocycles. The number of hydrogen-bond acceptors (Lipinski definition) is 3. The molecule has 2 heterocycles. The second-order valence-corrected chi connectivity index (χ2v) is 5.92. The number of rotatable bonds is 0. The Hall–Kier alpha value is -0.580. The van der Waals surface area contributed by atoms with Crippen molar-refractivity contribution in [2.24, 2.45) is 0 Å². The zero-order valence-electron chi connectivity index (χ0n) is 9.05. The lowest BCUT2D eigenvalue weighted by molar-refractivity contribution is 0.0376. The number of fused-ring (bicyclic) bond motifs is 1. The smallest absolute Gasteiger partial charge is 0.303 e. The molecule has 0 aromatic heterocycles. The molecule has 3 nitrogen and oxygen atoms in total. The molecule has 0 radical (unpaired) electrons. The van der Waals surface area contributed by atoms with Crippen molar-refractivity contribution in [3.63, 3.8) is 0 Å². The number of epoxide rings is 1. The Morgan fingerprint density at radius 3 is 2.42 bits per heavy atom. The third kappa shape index (κ3) is 1.57. The van der Waals surface area contributed by atoms with Crippen LogP contribution in [0.25, 0.3) is 0 Å². The van der Waals surface area contributed by atoms with Crippen LogP contribution < -0.4 is 9.47 Å². The zero-order valence-corrected chi connectivity index (χ0v) is 12.1. The fraction of sp³-hybridized carbons (Fsp3) is 0.167. The van der Waals surface area contributed by atoms with Crippen molar-refractivity contribution in [2.45, 2.75) is 11.9 Å². The molecule has 2 atom stereocenters. The minimum absolute atomic E-state index is 0.375. The number of hydrogen-bond donors (Lipinski definition) is 0. The molecule has 2 unspecified atom stereocenters. The van der Waals surface area contributed by atoms with Gasteiger partial charge in [0.05, 0.1) is 20.1 Å². The first-order valence-corrected chi connectivity index (χ1v) is 6.83. The molecule has 3 aliphatic rings. The Morgan fingerprint density at radius 2 is 1.68 bits per heavy atom. The van der Waals surface area contributed by atoms with E-state index in [4.69, 9.17) is 60.6 Å². The molecule has 1 fully saturated rings. The van der Waals surface area contributed by atoms with E-state index < -0.39 is 11.9 Å². The van der Waals surface area contributed by atoms with Gasteiger partial charge in [0, 0.05) is 18.2 Å². The summed E-state index contributed by atoms with van der Waals surface area (Å²) in [6.45, 7) is 0. The average Bonchev–Trinajstić information content (AvgIpc) is 3.07. The predicted octanol–water partition coefficient (Wildman–Crippen LogP) is 4.45. The second-order valence-electron chi connectivity index (χ2n) is 4.29. The maximum atomic E-state index is 6.05. The largest absolute Gasteiger partial charge is 0.451 e. The summed E-state index contributed by atoms with van der Waals surface area (Å²) in [6, 6.07) is 3.16. The molecule has 1 saturated heterocycles. The van der Waals surface area contributed by atoms with Crippen LogP contribution in [0.2, 0.25) is 10.0 Å². The van der Waals surface area contributed by atoms with Crippen LogP contribution in [0.1, 0.15) is 0 Å². The van der Waals surface area contributed by atoms with Crippen molar-refractivity contribution in [1.29, 1.82) is 0 Å². The molecule has 1 spiro atoms. The van der Waals surface area contributed by atoms with E-state index in [2.05, 4.69) is 0 Å². The molecule has 1 aromatic carbocycles. The maximum absolute atomic E-state index is 6.05. The van der Waals surface area contributed by atoms with Gasteiger partial charge < -0.3 is 14.2 Å². The second kappa shape index (κ2) is 3.74. The minimum atomic E-state index is -1.01. The van der Waals surface area contributed by atoms with Crippen molar-refractivity contribution in [2.75, 3.05) is 0 Å². The molecule has 0 amide bonds. The summed E-state index contributed by atoms with van der Waals surface area (Å²) in [5.74, 6) is 0.358. The van der Waals surface area contributed by atoms with Crippen LogP contribution in [0.5, 0.6) is 11.5 Å². The lowest BCUT2D eigenvalue weighted by atomic mass is 10.1. The monoisotopic (exact) mass is 336 g/mol. The summed E-state index contributed by atoms with van der Waals surface area (Å²) in [5, 5.41) is 1.53. The van der Waals surface area contributed by atoms with Crippen LogP contribution >= 0.6 is 46.4 Å². The van der Waals surface area contributed by atoms with E-state index in [0.717, 1.165) is 0 Å². The van der Waals surface area contributed by atoms with Crippen molar-refractivity contribution < 1.29 is 14.2 Å². The molecule has 1 aliphatic carbocycles. The number of benzene rings is 1. The Bertz CT molecular complexity index is 682. The lowest BCUT2D eigenvalue weighted by Crippen LogP contribution is -2.34. The summed E-state index contributed by atoms with van der Waals surface area (Å²) in [7, 11) is 0. The lowest BCUT2D eigenvalue weighted by Gasteiger charge is -2.28. The molecule has 19 heavy (non-hydrogen) atoms. The fourth-order valence-electron chi connectivity index (χ4n) is 2.14.